The van der Waals surface area contributed by atoms with E-state index in [0.29, 0.717) is 11.7 Å². The molecule has 0 radical (unpaired) electrons. The van der Waals surface area contributed by atoms with Crippen LogP contribution in [0.5, 0.6) is 0 Å². The van der Waals surface area contributed by atoms with Gasteiger partial charge in [-0.1, -0.05) is 48.5 Å². The summed E-state index contributed by atoms with van der Waals surface area (Å²) in [5.41, 5.74) is 5.21. The molecule has 29 heavy (non-hydrogen) atoms. The Balaban J connectivity index is 1.49. The van der Waals surface area contributed by atoms with Gasteiger partial charge in [0.1, 0.15) is 0 Å². The molecule has 0 aliphatic heterocycles. The van der Waals surface area contributed by atoms with Crippen molar-refractivity contribution < 1.29 is 0 Å². The van der Waals surface area contributed by atoms with Crippen molar-refractivity contribution in [3.63, 3.8) is 0 Å². The fourth-order valence-corrected chi connectivity index (χ4v) is 3.88. The maximum absolute atomic E-state index is 5.55. The van der Waals surface area contributed by atoms with Crippen molar-refractivity contribution in [1.82, 2.24) is 9.78 Å². The van der Waals surface area contributed by atoms with Gasteiger partial charge in [0.05, 0.1) is 22.4 Å². The van der Waals surface area contributed by atoms with E-state index in [-0.39, 0.29) is 0 Å². The smallest absolute Gasteiger partial charge is 0.175 e. The van der Waals surface area contributed by atoms with Crippen LogP contribution in [0, 0.1) is 13.8 Å². The maximum atomic E-state index is 5.55. The standard InChI is InChI=1S/C23H21BrN4S/c1-15-22(24)16(2)28(27-15)14-17-7-5-10-19(13-17)25-23(29)26-21-12-6-9-18-8-3-4-11-20(18)21/h3-13H,14H2,1-2H3,(H2,25,26,29). The highest BCUT2D eigenvalue weighted by Gasteiger charge is 2.09. The molecule has 0 aliphatic rings. The minimum absolute atomic E-state index is 0.562. The predicted molar refractivity (Wildman–Crippen MR) is 129 cm³/mol. The Morgan fingerprint density at radius 3 is 2.55 bits per heavy atom. The summed E-state index contributed by atoms with van der Waals surface area (Å²) in [5.74, 6) is 0. The first-order valence-electron chi connectivity index (χ1n) is 9.35. The first kappa shape index (κ1) is 19.6. The molecule has 1 heterocycles. The molecule has 0 amide bonds. The molecule has 0 aliphatic carbocycles. The third kappa shape index (κ3) is 4.33. The lowest BCUT2D eigenvalue weighted by Crippen LogP contribution is -2.19. The molecular weight excluding hydrogens is 444 g/mol. The van der Waals surface area contributed by atoms with E-state index < -0.39 is 0 Å². The highest BCUT2D eigenvalue weighted by Crippen LogP contribution is 2.24. The van der Waals surface area contributed by atoms with Gasteiger partial charge in [0.15, 0.2) is 5.11 Å². The zero-order valence-electron chi connectivity index (χ0n) is 16.2. The Hall–Kier alpha value is -2.70. The van der Waals surface area contributed by atoms with Crippen LogP contribution in [0.4, 0.5) is 11.4 Å². The Kier molecular flexibility index (Phi) is 5.65. The second kappa shape index (κ2) is 8.35. The molecule has 0 saturated heterocycles. The number of fused-ring (bicyclic) bond motifs is 1. The summed E-state index contributed by atoms with van der Waals surface area (Å²) in [6.45, 7) is 4.77. The van der Waals surface area contributed by atoms with Crippen LogP contribution in [0.2, 0.25) is 0 Å². The van der Waals surface area contributed by atoms with Crippen LogP contribution in [0.15, 0.2) is 71.2 Å². The third-order valence-corrected chi connectivity index (χ3v) is 6.20. The topological polar surface area (TPSA) is 41.9 Å². The van der Waals surface area contributed by atoms with Crippen LogP contribution in [0.25, 0.3) is 10.8 Å². The summed E-state index contributed by atoms with van der Waals surface area (Å²) in [4.78, 5) is 0. The Bertz CT molecular complexity index is 1190. The Labute approximate surface area is 184 Å². The molecule has 4 rings (SSSR count). The number of rotatable bonds is 4. The van der Waals surface area contributed by atoms with Gasteiger partial charge >= 0.3 is 0 Å². The van der Waals surface area contributed by atoms with Crippen molar-refractivity contribution >= 4 is 55.4 Å². The molecule has 0 fully saturated rings. The number of nitrogens with zero attached hydrogens (tertiary/aromatic N) is 2. The average molecular weight is 465 g/mol. The van der Waals surface area contributed by atoms with E-state index in [1.165, 1.54) is 5.39 Å². The molecule has 3 aromatic carbocycles. The number of anilines is 2. The van der Waals surface area contributed by atoms with Gasteiger partial charge < -0.3 is 10.6 Å². The van der Waals surface area contributed by atoms with Gasteiger partial charge in [-0.15, -0.1) is 0 Å². The molecule has 0 bridgehead atoms. The van der Waals surface area contributed by atoms with E-state index >= 15 is 0 Å². The lowest BCUT2D eigenvalue weighted by atomic mass is 10.1. The molecule has 0 unspecified atom stereocenters. The van der Waals surface area contributed by atoms with Crippen LogP contribution in [0.1, 0.15) is 17.0 Å². The largest absolute Gasteiger partial charge is 0.332 e. The van der Waals surface area contributed by atoms with Crippen LogP contribution in [-0.4, -0.2) is 14.9 Å². The van der Waals surface area contributed by atoms with Crippen molar-refractivity contribution in [2.75, 3.05) is 10.6 Å². The number of aromatic nitrogens is 2. The Morgan fingerprint density at radius 1 is 1.00 bits per heavy atom. The number of thiocarbonyl (C=S) groups is 1. The van der Waals surface area contributed by atoms with Gasteiger partial charge in [0.2, 0.25) is 0 Å². The fraction of sp³-hybridized carbons (Fsp3) is 0.130. The minimum atomic E-state index is 0.562. The lowest BCUT2D eigenvalue weighted by molar-refractivity contribution is 0.659. The normalized spacial score (nSPS) is 10.9. The van der Waals surface area contributed by atoms with E-state index in [0.717, 1.165) is 38.2 Å². The summed E-state index contributed by atoms with van der Waals surface area (Å²) in [7, 11) is 0. The molecule has 146 valence electrons. The predicted octanol–water partition coefficient (Wildman–Crippen LogP) is 6.27. The van der Waals surface area contributed by atoms with Crippen molar-refractivity contribution in [3.05, 3.63) is 88.2 Å². The van der Waals surface area contributed by atoms with Crippen LogP contribution >= 0.6 is 28.1 Å². The van der Waals surface area contributed by atoms with Gasteiger partial charge in [-0.3, -0.25) is 4.68 Å². The monoisotopic (exact) mass is 464 g/mol. The zero-order valence-corrected chi connectivity index (χ0v) is 18.6. The summed E-state index contributed by atoms with van der Waals surface area (Å²) >= 11 is 9.14. The van der Waals surface area contributed by atoms with Crippen molar-refractivity contribution in [1.29, 1.82) is 0 Å². The lowest BCUT2D eigenvalue weighted by Gasteiger charge is -2.13. The van der Waals surface area contributed by atoms with E-state index in [1.807, 2.05) is 48.0 Å². The second-order valence-electron chi connectivity index (χ2n) is 6.95. The molecule has 0 saturated carbocycles. The third-order valence-electron chi connectivity index (χ3n) is 4.85. The molecule has 4 aromatic rings. The molecule has 1 aromatic heterocycles. The number of benzene rings is 3. The van der Waals surface area contributed by atoms with Crippen LogP contribution in [-0.2, 0) is 6.54 Å². The van der Waals surface area contributed by atoms with Crippen molar-refractivity contribution in [3.8, 4) is 0 Å². The first-order valence-corrected chi connectivity index (χ1v) is 10.6. The first-order chi connectivity index (χ1) is 14.0. The maximum Gasteiger partial charge on any atom is 0.175 e. The molecule has 0 atom stereocenters. The van der Waals surface area contributed by atoms with Gasteiger partial charge in [-0.25, -0.2) is 0 Å². The number of aryl methyl sites for hydroxylation is 1. The molecule has 2 N–H and O–H groups in total. The van der Waals surface area contributed by atoms with Gasteiger partial charge in [0, 0.05) is 16.8 Å². The SMILES string of the molecule is Cc1nn(Cc2cccc(NC(=S)Nc3cccc4ccccc34)c2)c(C)c1Br. The molecule has 0 spiro atoms. The van der Waals surface area contributed by atoms with E-state index in [4.69, 9.17) is 12.2 Å². The highest BCUT2D eigenvalue weighted by atomic mass is 79.9. The second-order valence-corrected chi connectivity index (χ2v) is 8.15. The number of halogens is 1. The molecule has 4 nitrogen and oxygen atoms in total. The summed E-state index contributed by atoms with van der Waals surface area (Å²) in [5, 5.41) is 14.1. The van der Waals surface area contributed by atoms with Gasteiger partial charge in [-0.05, 0) is 71.1 Å². The quantitative estimate of drug-likeness (QED) is 0.349. The van der Waals surface area contributed by atoms with Gasteiger partial charge in [-0.2, -0.15) is 5.10 Å². The number of hydrogen-bond donors (Lipinski definition) is 2. The highest BCUT2D eigenvalue weighted by molar-refractivity contribution is 9.10. The van der Waals surface area contributed by atoms with E-state index in [9.17, 15) is 0 Å². The fourth-order valence-electron chi connectivity index (χ4n) is 3.37. The number of nitrogens with one attached hydrogen (secondary N) is 2. The van der Waals surface area contributed by atoms with Crippen molar-refractivity contribution in [2.45, 2.75) is 20.4 Å². The van der Waals surface area contributed by atoms with E-state index in [2.05, 4.69) is 68.9 Å². The minimum Gasteiger partial charge on any atom is -0.332 e. The summed E-state index contributed by atoms with van der Waals surface area (Å²) < 4.78 is 3.07. The van der Waals surface area contributed by atoms with Crippen molar-refractivity contribution in [2.24, 2.45) is 0 Å². The summed E-state index contributed by atoms with van der Waals surface area (Å²) in [6.07, 6.45) is 0. The van der Waals surface area contributed by atoms with Crippen LogP contribution < -0.4 is 10.6 Å². The summed E-state index contributed by atoms with van der Waals surface area (Å²) in [6, 6.07) is 22.6. The van der Waals surface area contributed by atoms with E-state index in [1.54, 1.807) is 0 Å². The molecular formula is C23H21BrN4S. The van der Waals surface area contributed by atoms with Gasteiger partial charge in [0.25, 0.3) is 0 Å². The van der Waals surface area contributed by atoms with Crippen LogP contribution in [0.3, 0.4) is 0 Å². The molecule has 6 heteroatoms. The Morgan fingerprint density at radius 2 is 1.76 bits per heavy atom. The average Bonchev–Trinajstić information content (AvgIpc) is 2.95. The zero-order chi connectivity index (χ0) is 20.4. The number of hydrogen-bond acceptors (Lipinski definition) is 2.